The third kappa shape index (κ3) is 33.8. The Morgan fingerprint density at radius 2 is 1.00 bits per heavy atom. The molecule has 3 nitrogen and oxygen atoms in total. The van der Waals surface area contributed by atoms with Crippen molar-refractivity contribution in [3.63, 3.8) is 0 Å². The Morgan fingerprint density at radius 1 is 0.622 bits per heavy atom. The van der Waals surface area contributed by atoms with Gasteiger partial charge >= 0.3 is 39.0 Å². The second-order valence-corrected chi connectivity index (χ2v) is 14.6. The van der Waals surface area contributed by atoms with Gasteiger partial charge in [0.05, 0.1) is 0 Å². The van der Waals surface area contributed by atoms with Gasteiger partial charge in [0.2, 0.25) is 0 Å². The van der Waals surface area contributed by atoms with Crippen LogP contribution in [0.2, 0.25) is 0 Å². The summed E-state index contributed by atoms with van der Waals surface area (Å²) in [6.07, 6.45) is 29.7. The number of halogens is 6. The molecular formula is C35H64F6NO2P. The molecule has 0 spiro atoms. The molecular weight excluding hydrogens is 611 g/mol. The summed E-state index contributed by atoms with van der Waals surface area (Å²) in [6.45, 7) is 10.2. The molecule has 0 unspecified atom stereocenters. The number of carbonyl (C=O) groups is 1. The molecule has 0 aliphatic heterocycles. The molecule has 0 N–H and O–H groups in total. The molecule has 1 aromatic heterocycles. The minimum atomic E-state index is -10.7. The number of pyridine rings is 1. The first-order valence-electron chi connectivity index (χ1n) is 17.8. The monoisotopic (exact) mass is 675 g/mol. The van der Waals surface area contributed by atoms with E-state index in [0.717, 1.165) is 25.8 Å². The molecule has 268 valence electrons. The summed E-state index contributed by atoms with van der Waals surface area (Å²) in [6, 6.07) is 4.57. The summed E-state index contributed by atoms with van der Waals surface area (Å²) in [7, 11) is -10.7. The fourth-order valence-electron chi connectivity index (χ4n) is 5.59. The van der Waals surface area contributed by atoms with Crippen LogP contribution >= 0.6 is 7.81 Å². The number of ether oxygens (including phenoxy) is 1. The number of hydrogen-bond donors (Lipinski definition) is 0. The number of aromatic nitrogens is 1. The summed E-state index contributed by atoms with van der Waals surface area (Å²) in [4.78, 5) is 12.2. The predicted molar refractivity (Wildman–Crippen MR) is 177 cm³/mol. The molecule has 0 amide bonds. The molecule has 1 aromatic rings. The Bertz CT molecular complexity index is 898. The summed E-state index contributed by atoms with van der Waals surface area (Å²) >= 11 is 0. The molecule has 1 heterocycles. The van der Waals surface area contributed by atoms with E-state index in [1.165, 1.54) is 139 Å². The second-order valence-electron chi connectivity index (χ2n) is 12.7. The van der Waals surface area contributed by atoms with Crippen molar-refractivity contribution in [2.45, 2.75) is 182 Å². The molecule has 0 bridgehead atoms. The summed E-state index contributed by atoms with van der Waals surface area (Å²) in [5.74, 6) is -0.0270. The topological polar surface area (TPSA) is 30.2 Å². The Kier molecular flexibility index (Phi) is 22.3. The van der Waals surface area contributed by atoms with Crippen LogP contribution in [-0.4, -0.2) is 12.6 Å². The first-order valence-corrected chi connectivity index (χ1v) is 19.8. The maximum atomic E-state index is 12.2. The summed E-state index contributed by atoms with van der Waals surface area (Å²) in [5, 5.41) is 0. The molecule has 0 radical (unpaired) electrons. The molecule has 0 fully saturated rings. The van der Waals surface area contributed by atoms with Crippen molar-refractivity contribution in [2.75, 3.05) is 6.61 Å². The van der Waals surface area contributed by atoms with Crippen molar-refractivity contribution in [2.24, 2.45) is 0 Å². The molecule has 1 rings (SSSR count). The molecule has 10 heteroatoms. The van der Waals surface area contributed by atoms with E-state index in [9.17, 15) is 30.0 Å². The molecule has 45 heavy (non-hydrogen) atoms. The Hall–Kier alpha value is -1.37. The van der Waals surface area contributed by atoms with Gasteiger partial charge in [-0.15, -0.1) is 0 Å². The van der Waals surface area contributed by atoms with Crippen LogP contribution in [0.3, 0.4) is 0 Å². The van der Waals surface area contributed by atoms with Gasteiger partial charge in [-0.1, -0.05) is 136 Å². The molecule has 0 aliphatic carbocycles. The van der Waals surface area contributed by atoms with E-state index in [0.29, 0.717) is 13.0 Å². The zero-order valence-corrected chi connectivity index (χ0v) is 29.7. The van der Waals surface area contributed by atoms with Crippen molar-refractivity contribution >= 4 is 13.8 Å². The Labute approximate surface area is 270 Å². The van der Waals surface area contributed by atoms with Gasteiger partial charge in [-0.2, -0.15) is 4.57 Å². The molecule has 0 atom stereocenters. The number of hydrogen-bond acceptors (Lipinski definition) is 2. The molecule has 0 saturated heterocycles. The standard InChI is InChI=1S/C35H64NO2.F6P/c1-5-7-9-11-13-15-16-17-19-20-22-24-26-34-31-32(3)30-33(4)36(34)28-29-38-35(37)27-25-23-21-18-14-12-10-8-6-2;1-7(2,3,4,5)6/h30-31H,5-29H2,1-4H3;/q+1;-1. The number of esters is 1. The number of aryl methyl sites for hydroxylation is 3. The van der Waals surface area contributed by atoms with Gasteiger partial charge in [0, 0.05) is 31.9 Å². The third-order valence-corrected chi connectivity index (χ3v) is 7.95. The fourth-order valence-corrected chi connectivity index (χ4v) is 5.59. The third-order valence-electron chi connectivity index (χ3n) is 7.95. The normalized spacial score (nSPS) is 13.1. The van der Waals surface area contributed by atoms with Crippen LogP contribution in [0.1, 0.15) is 172 Å². The van der Waals surface area contributed by atoms with E-state index in [1.54, 1.807) is 0 Å². The van der Waals surface area contributed by atoms with Gasteiger partial charge in [0.25, 0.3) is 0 Å². The zero-order valence-electron chi connectivity index (χ0n) is 28.8. The van der Waals surface area contributed by atoms with E-state index < -0.39 is 7.81 Å². The number of nitrogens with zero attached hydrogens (tertiary/aromatic N) is 1. The number of rotatable bonds is 26. The van der Waals surface area contributed by atoms with Crippen LogP contribution in [0, 0.1) is 13.8 Å². The number of unbranched alkanes of at least 4 members (excludes halogenated alkanes) is 19. The van der Waals surface area contributed by atoms with Crippen molar-refractivity contribution in [3.05, 3.63) is 29.1 Å². The van der Waals surface area contributed by atoms with Gasteiger partial charge in [0.1, 0.15) is 0 Å². The second kappa shape index (κ2) is 23.0. The van der Waals surface area contributed by atoms with Gasteiger partial charge < -0.3 is 4.74 Å². The average Bonchev–Trinajstić information content (AvgIpc) is 2.92. The van der Waals surface area contributed by atoms with Gasteiger partial charge in [0.15, 0.2) is 24.5 Å². The van der Waals surface area contributed by atoms with E-state index in [4.69, 9.17) is 4.74 Å². The van der Waals surface area contributed by atoms with E-state index in [-0.39, 0.29) is 5.97 Å². The van der Waals surface area contributed by atoms with Gasteiger partial charge in [-0.05, 0) is 25.3 Å². The van der Waals surface area contributed by atoms with Crippen LogP contribution < -0.4 is 4.57 Å². The SMILES string of the molecule is CCCCCCCCCCCCCCc1cc(C)cc(C)[n+]1CCOC(=O)CCCCCCCCCCC.F[P-](F)(F)(F)(F)F. The summed E-state index contributed by atoms with van der Waals surface area (Å²) < 4.78 is 67.2. The van der Waals surface area contributed by atoms with E-state index in [2.05, 4.69) is 44.4 Å². The minimum absolute atomic E-state index is 0.0270. The van der Waals surface area contributed by atoms with Crippen molar-refractivity contribution in [1.29, 1.82) is 0 Å². The fraction of sp³-hybridized carbons (Fsp3) is 0.829. The van der Waals surface area contributed by atoms with Crippen LogP contribution in [-0.2, 0) is 22.5 Å². The van der Waals surface area contributed by atoms with Crippen LogP contribution in [0.5, 0.6) is 0 Å². The van der Waals surface area contributed by atoms with Gasteiger partial charge in [-0.3, -0.25) is 4.79 Å². The van der Waals surface area contributed by atoms with Crippen molar-refractivity contribution < 1.29 is 39.3 Å². The predicted octanol–water partition coefficient (Wildman–Crippen LogP) is 13.7. The Balaban J connectivity index is 0.00000246. The first kappa shape index (κ1) is 43.6. The first-order chi connectivity index (χ1) is 21.0. The van der Waals surface area contributed by atoms with Crippen LogP contribution in [0.15, 0.2) is 12.1 Å². The zero-order chi connectivity index (χ0) is 34.1. The quantitative estimate of drug-likeness (QED) is 0.0322. The van der Waals surface area contributed by atoms with E-state index >= 15 is 0 Å². The summed E-state index contributed by atoms with van der Waals surface area (Å²) in [5.41, 5.74) is 3.99. The number of carbonyl (C=O) groups excluding carboxylic acids is 1. The van der Waals surface area contributed by atoms with E-state index in [1.807, 2.05) is 0 Å². The Morgan fingerprint density at radius 3 is 1.42 bits per heavy atom. The molecule has 0 aromatic carbocycles. The van der Waals surface area contributed by atoms with Crippen LogP contribution in [0.4, 0.5) is 25.2 Å². The molecule has 0 aliphatic rings. The van der Waals surface area contributed by atoms with Crippen molar-refractivity contribution in [1.82, 2.24) is 0 Å². The molecule has 0 saturated carbocycles. The van der Waals surface area contributed by atoms with Crippen molar-refractivity contribution in [3.8, 4) is 0 Å². The average molecular weight is 676 g/mol. The van der Waals surface area contributed by atoms with Gasteiger partial charge in [-0.25, -0.2) is 0 Å². The van der Waals surface area contributed by atoms with Crippen LogP contribution in [0.25, 0.3) is 0 Å². The maximum absolute atomic E-state index is 12.2.